The lowest BCUT2D eigenvalue weighted by molar-refractivity contribution is 0.125. The maximum absolute atomic E-state index is 5.63. The van der Waals surface area contributed by atoms with E-state index in [2.05, 4.69) is 34.7 Å². The first kappa shape index (κ1) is 19.5. The number of unbranched alkanes of at least 4 members (excludes halogenated alkanes) is 1. The van der Waals surface area contributed by atoms with Crippen molar-refractivity contribution in [1.29, 1.82) is 0 Å². The Labute approximate surface area is 140 Å². The largest absolute Gasteiger partial charge is 0.381 e. The van der Waals surface area contributed by atoms with Crippen LogP contribution in [0.5, 0.6) is 0 Å². The Balaban J connectivity index is 1.97. The highest BCUT2D eigenvalue weighted by molar-refractivity contribution is 5.79. The molecule has 130 valence electrons. The van der Waals surface area contributed by atoms with Crippen molar-refractivity contribution in [2.45, 2.75) is 32.8 Å². The predicted octanol–water partition coefficient (Wildman–Crippen LogP) is 2.58. The summed E-state index contributed by atoms with van der Waals surface area (Å²) in [5.74, 6) is 0.807. The summed E-state index contributed by atoms with van der Waals surface area (Å²) < 4.78 is 11.2. The normalized spacial score (nSPS) is 11.5. The van der Waals surface area contributed by atoms with E-state index in [4.69, 9.17) is 9.47 Å². The molecule has 0 spiro atoms. The van der Waals surface area contributed by atoms with Gasteiger partial charge in [0, 0.05) is 33.4 Å². The number of nitrogens with one attached hydrogen (secondary N) is 2. The van der Waals surface area contributed by atoms with Crippen LogP contribution in [0, 0.1) is 0 Å². The molecule has 0 fully saturated rings. The number of aliphatic imine (C=N–C) groups is 1. The van der Waals surface area contributed by atoms with E-state index in [0.717, 1.165) is 45.1 Å². The Morgan fingerprint density at radius 3 is 2.43 bits per heavy atom. The molecule has 0 aliphatic rings. The molecule has 0 bridgehead atoms. The van der Waals surface area contributed by atoms with Crippen LogP contribution in [0.4, 0.5) is 0 Å². The molecule has 1 aromatic rings. The maximum Gasteiger partial charge on any atom is 0.191 e. The zero-order valence-electron chi connectivity index (χ0n) is 14.5. The van der Waals surface area contributed by atoms with Gasteiger partial charge in [-0.1, -0.05) is 43.7 Å². The van der Waals surface area contributed by atoms with Gasteiger partial charge >= 0.3 is 0 Å². The van der Waals surface area contributed by atoms with E-state index in [1.165, 1.54) is 12.0 Å². The lowest BCUT2D eigenvalue weighted by Gasteiger charge is -2.12. The van der Waals surface area contributed by atoms with E-state index in [9.17, 15) is 0 Å². The first-order chi connectivity index (χ1) is 11.4. The first-order valence-corrected chi connectivity index (χ1v) is 8.50. The standard InChI is InChI=1S/C18H31N3O2/c1-3-4-13-22-14-8-11-20-18(19-2)21-12-15-23-16-17-9-6-5-7-10-17/h5-7,9-10H,3-4,8,11-16H2,1-2H3,(H2,19,20,21). The molecule has 0 amide bonds. The Bertz CT molecular complexity index is 410. The van der Waals surface area contributed by atoms with Gasteiger partial charge in [-0.15, -0.1) is 0 Å². The SMILES string of the molecule is CCCCOCCCNC(=NC)NCCOCc1ccccc1. The molecular formula is C18H31N3O2. The van der Waals surface area contributed by atoms with Crippen LogP contribution < -0.4 is 10.6 Å². The van der Waals surface area contributed by atoms with Crippen LogP contribution in [0.3, 0.4) is 0 Å². The Morgan fingerprint density at radius 1 is 0.957 bits per heavy atom. The Morgan fingerprint density at radius 2 is 1.70 bits per heavy atom. The highest BCUT2D eigenvalue weighted by Gasteiger charge is 1.97. The lowest BCUT2D eigenvalue weighted by Crippen LogP contribution is -2.39. The highest BCUT2D eigenvalue weighted by Crippen LogP contribution is 1.99. The summed E-state index contributed by atoms with van der Waals surface area (Å²) in [5, 5.41) is 6.51. The van der Waals surface area contributed by atoms with Crippen molar-refractivity contribution in [2.24, 2.45) is 4.99 Å². The molecule has 5 heteroatoms. The fourth-order valence-electron chi connectivity index (χ4n) is 1.96. The van der Waals surface area contributed by atoms with Gasteiger partial charge in [-0.05, 0) is 18.4 Å². The third kappa shape index (κ3) is 10.7. The van der Waals surface area contributed by atoms with Gasteiger partial charge in [0.1, 0.15) is 0 Å². The minimum Gasteiger partial charge on any atom is -0.381 e. The number of guanidine groups is 1. The fraction of sp³-hybridized carbons (Fsp3) is 0.611. The molecule has 0 unspecified atom stereocenters. The lowest BCUT2D eigenvalue weighted by atomic mass is 10.2. The van der Waals surface area contributed by atoms with Crippen LogP contribution >= 0.6 is 0 Å². The van der Waals surface area contributed by atoms with Gasteiger partial charge in [0.05, 0.1) is 13.2 Å². The average molecular weight is 321 g/mol. The number of hydrogen-bond acceptors (Lipinski definition) is 3. The first-order valence-electron chi connectivity index (χ1n) is 8.50. The number of benzene rings is 1. The van der Waals surface area contributed by atoms with Crippen molar-refractivity contribution in [3.63, 3.8) is 0 Å². The van der Waals surface area contributed by atoms with E-state index in [1.54, 1.807) is 7.05 Å². The Kier molecular flexibility index (Phi) is 11.9. The Hall–Kier alpha value is -1.59. The molecule has 5 nitrogen and oxygen atoms in total. The third-order valence-electron chi connectivity index (χ3n) is 3.27. The number of nitrogens with zero attached hydrogens (tertiary/aromatic N) is 1. The third-order valence-corrected chi connectivity index (χ3v) is 3.27. The van der Waals surface area contributed by atoms with E-state index in [1.807, 2.05) is 18.2 Å². The van der Waals surface area contributed by atoms with Crippen LogP contribution in [0.1, 0.15) is 31.7 Å². The second-order valence-electron chi connectivity index (χ2n) is 5.28. The van der Waals surface area contributed by atoms with Crippen LogP contribution in [0.15, 0.2) is 35.3 Å². The van der Waals surface area contributed by atoms with Gasteiger partial charge in [-0.25, -0.2) is 0 Å². The van der Waals surface area contributed by atoms with E-state index in [0.29, 0.717) is 13.2 Å². The van der Waals surface area contributed by atoms with Crippen molar-refractivity contribution in [2.75, 3.05) is 40.0 Å². The summed E-state index contributed by atoms with van der Waals surface area (Å²) >= 11 is 0. The highest BCUT2D eigenvalue weighted by atomic mass is 16.5. The molecule has 0 radical (unpaired) electrons. The number of hydrogen-bond donors (Lipinski definition) is 2. The summed E-state index contributed by atoms with van der Waals surface area (Å²) in [7, 11) is 1.78. The summed E-state index contributed by atoms with van der Waals surface area (Å²) in [5.41, 5.74) is 1.19. The quantitative estimate of drug-likeness (QED) is 0.353. The second kappa shape index (κ2) is 14.0. The molecule has 0 atom stereocenters. The van der Waals surface area contributed by atoms with E-state index < -0.39 is 0 Å². The molecule has 1 aromatic carbocycles. The van der Waals surface area contributed by atoms with Gasteiger partial charge in [-0.2, -0.15) is 0 Å². The topological polar surface area (TPSA) is 54.9 Å². The molecular weight excluding hydrogens is 290 g/mol. The fourth-order valence-corrected chi connectivity index (χ4v) is 1.96. The van der Waals surface area contributed by atoms with Crippen LogP contribution in [-0.4, -0.2) is 45.9 Å². The van der Waals surface area contributed by atoms with E-state index in [-0.39, 0.29) is 0 Å². The summed E-state index contributed by atoms with van der Waals surface area (Å²) in [6, 6.07) is 10.2. The summed E-state index contributed by atoms with van der Waals surface area (Å²) in [4.78, 5) is 4.19. The molecule has 0 heterocycles. The molecule has 1 rings (SSSR count). The minimum absolute atomic E-state index is 0.643. The van der Waals surface area contributed by atoms with Crippen LogP contribution in [0.2, 0.25) is 0 Å². The molecule has 0 aliphatic heterocycles. The van der Waals surface area contributed by atoms with Crippen molar-refractivity contribution in [1.82, 2.24) is 10.6 Å². The van der Waals surface area contributed by atoms with Crippen LogP contribution in [0.25, 0.3) is 0 Å². The van der Waals surface area contributed by atoms with Gasteiger partial charge in [-0.3, -0.25) is 4.99 Å². The molecule has 2 N–H and O–H groups in total. The monoisotopic (exact) mass is 321 g/mol. The molecule has 0 aromatic heterocycles. The van der Waals surface area contributed by atoms with Gasteiger partial charge in [0.2, 0.25) is 0 Å². The number of rotatable bonds is 12. The van der Waals surface area contributed by atoms with E-state index >= 15 is 0 Å². The summed E-state index contributed by atoms with van der Waals surface area (Å²) in [6.07, 6.45) is 3.30. The van der Waals surface area contributed by atoms with Crippen LogP contribution in [-0.2, 0) is 16.1 Å². The molecule has 0 saturated carbocycles. The second-order valence-corrected chi connectivity index (χ2v) is 5.28. The molecule has 0 saturated heterocycles. The van der Waals surface area contributed by atoms with Gasteiger partial charge in [0.15, 0.2) is 5.96 Å². The minimum atomic E-state index is 0.643. The zero-order valence-corrected chi connectivity index (χ0v) is 14.5. The van der Waals surface area contributed by atoms with Gasteiger partial charge in [0.25, 0.3) is 0 Å². The molecule has 0 aliphatic carbocycles. The smallest absolute Gasteiger partial charge is 0.191 e. The number of ether oxygens (including phenoxy) is 2. The zero-order chi connectivity index (χ0) is 16.6. The molecule has 23 heavy (non-hydrogen) atoms. The average Bonchev–Trinajstić information content (AvgIpc) is 2.59. The summed E-state index contributed by atoms with van der Waals surface area (Å²) in [6.45, 7) is 6.71. The predicted molar refractivity (Wildman–Crippen MR) is 95.8 cm³/mol. The van der Waals surface area contributed by atoms with Crippen molar-refractivity contribution < 1.29 is 9.47 Å². The van der Waals surface area contributed by atoms with Gasteiger partial charge < -0.3 is 20.1 Å². The van der Waals surface area contributed by atoms with Crippen molar-refractivity contribution in [3.05, 3.63) is 35.9 Å². The maximum atomic E-state index is 5.63. The van der Waals surface area contributed by atoms with Crippen molar-refractivity contribution >= 4 is 5.96 Å². The van der Waals surface area contributed by atoms with Crippen molar-refractivity contribution in [3.8, 4) is 0 Å².